The zero-order valence-electron chi connectivity index (χ0n) is 17.4. The van der Waals surface area contributed by atoms with Gasteiger partial charge in [0.15, 0.2) is 6.61 Å². The van der Waals surface area contributed by atoms with Crippen molar-refractivity contribution in [3.63, 3.8) is 0 Å². The van der Waals surface area contributed by atoms with Gasteiger partial charge in [-0.15, -0.1) is 0 Å². The highest BCUT2D eigenvalue weighted by molar-refractivity contribution is 5.87. The van der Waals surface area contributed by atoms with Crippen LogP contribution in [-0.4, -0.2) is 38.4 Å². The Balaban J connectivity index is 1.41. The van der Waals surface area contributed by atoms with Gasteiger partial charge in [0.1, 0.15) is 5.75 Å². The molecule has 0 heterocycles. The van der Waals surface area contributed by atoms with Gasteiger partial charge in [0.25, 0.3) is 5.91 Å². The SMILES string of the molecule is COc1ccc(/C=N\OCC(=O)OCC(=O)N[C@H](C)c2cccc3ccccc23)cc1. The molecule has 3 rings (SSSR count). The Labute approximate surface area is 180 Å². The Hall–Kier alpha value is -3.87. The maximum Gasteiger partial charge on any atom is 0.347 e. The van der Waals surface area contributed by atoms with Crippen LogP contribution in [0.3, 0.4) is 0 Å². The zero-order valence-corrected chi connectivity index (χ0v) is 17.4. The van der Waals surface area contributed by atoms with Gasteiger partial charge in [0.05, 0.1) is 19.4 Å². The predicted molar refractivity (Wildman–Crippen MR) is 118 cm³/mol. The molecule has 0 aliphatic carbocycles. The third-order valence-electron chi connectivity index (χ3n) is 4.61. The Morgan fingerprint density at radius 2 is 1.74 bits per heavy atom. The van der Waals surface area contributed by atoms with Crippen molar-refractivity contribution < 1.29 is 23.9 Å². The number of fused-ring (bicyclic) bond motifs is 1. The van der Waals surface area contributed by atoms with Crippen LogP contribution in [0.15, 0.2) is 71.9 Å². The van der Waals surface area contributed by atoms with E-state index in [0.717, 1.165) is 27.6 Å². The third kappa shape index (κ3) is 6.30. The smallest absolute Gasteiger partial charge is 0.347 e. The minimum absolute atomic E-state index is 0.234. The van der Waals surface area contributed by atoms with Gasteiger partial charge in [0, 0.05) is 0 Å². The molecular weight excluding hydrogens is 396 g/mol. The average Bonchev–Trinajstić information content (AvgIpc) is 2.80. The van der Waals surface area contributed by atoms with Crippen molar-refractivity contribution >= 4 is 28.9 Å². The minimum atomic E-state index is -0.681. The Kier molecular flexibility index (Phi) is 7.59. The number of rotatable bonds is 9. The summed E-state index contributed by atoms with van der Waals surface area (Å²) in [5.74, 6) is -0.343. The number of carbonyl (C=O) groups is 2. The number of oxime groups is 1. The van der Waals surface area contributed by atoms with E-state index < -0.39 is 18.5 Å². The lowest BCUT2D eigenvalue weighted by Gasteiger charge is -2.16. The van der Waals surface area contributed by atoms with E-state index in [2.05, 4.69) is 10.5 Å². The van der Waals surface area contributed by atoms with Crippen LogP contribution in [0.1, 0.15) is 24.1 Å². The van der Waals surface area contributed by atoms with Crippen LogP contribution in [0.2, 0.25) is 0 Å². The second kappa shape index (κ2) is 10.8. The first-order chi connectivity index (χ1) is 15.1. The maximum atomic E-state index is 12.2. The van der Waals surface area contributed by atoms with Crippen LogP contribution < -0.4 is 10.1 Å². The Morgan fingerprint density at radius 3 is 2.52 bits per heavy atom. The monoisotopic (exact) mass is 420 g/mol. The number of hydrogen-bond donors (Lipinski definition) is 1. The summed E-state index contributed by atoms with van der Waals surface area (Å²) in [7, 11) is 1.59. The molecule has 0 aromatic heterocycles. The molecule has 1 amide bonds. The van der Waals surface area contributed by atoms with Crippen LogP contribution in [0.25, 0.3) is 10.8 Å². The predicted octanol–water partition coefficient (Wildman–Crippen LogP) is 3.62. The van der Waals surface area contributed by atoms with E-state index in [1.807, 2.05) is 49.4 Å². The number of amides is 1. The summed E-state index contributed by atoms with van der Waals surface area (Å²) in [6.45, 7) is 1.11. The van der Waals surface area contributed by atoms with Gasteiger partial charge in [-0.2, -0.15) is 0 Å². The maximum absolute atomic E-state index is 12.2. The summed E-state index contributed by atoms with van der Waals surface area (Å²) in [6.07, 6.45) is 1.46. The molecule has 31 heavy (non-hydrogen) atoms. The van der Waals surface area contributed by atoms with Gasteiger partial charge < -0.3 is 19.6 Å². The summed E-state index contributed by atoms with van der Waals surface area (Å²) in [5.41, 5.74) is 1.78. The molecule has 1 atom stereocenters. The molecule has 0 bridgehead atoms. The standard InChI is InChI=1S/C24H24N2O5/c1-17(21-9-5-7-19-6-3-4-8-22(19)21)26-23(27)15-30-24(28)16-31-25-14-18-10-12-20(29-2)13-11-18/h3-14,17H,15-16H2,1-2H3,(H,26,27)/b25-14-/t17-/m1/s1. The van der Waals surface area contributed by atoms with Gasteiger partial charge in [-0.3, -0.25) is 4.79 Å². The van der Waals surface area contributed by atoms with Gasteiger partial charge in [-0.1, -0.05) is 47.6 Å². The molecule has 0 aliphatic heterocycles. The summed E-state index contributed by atoms with van der Waals surface area (Å²) in [5, 5.41) is 8.72. The molecule has 3 aromatic carbocycles. The number of methoxy groups -OCH3 is 1. The van der Waals surface area contributed by atoms with Gasteiger partial charge in [-0.05, 0) is 53.1 Å². The molecule has 0 saturated carbocycles. The highest BCUT2D eigenvalue weighted by Gasteiger charge is 2.14. The van der Waals surface area contributed by atoms with E-state index in [1.165, 1.54) is 6.21 Å². The molecule has 0 unspecified atom stereocenters. The van der Waals surface area contributed by atoms with Crippen molar-refractivity contribution in [2.45, 2.75) is 13.0 Å². The molecule has 0 fully saturated rings. The van der Waals surface area contributed by atoms with E-state index in [4.69, 9.17) is 14.3 Å². The van der Waals surface area contributed by atoms with Crippen molar-refractivity contribution in [3.05, 3.63) is 77.9 Å². The summed E-state index contributed by atoms with van der Waals surface area (Å²) in [4.78, 5) is 28.8. The second-order valence-corrected chi connectivity index (χ2v) is 6.80. The molecule has 160 valence electrons. The quantitative estimate of drug-likeness (QED) is 0.325. The molecule has 0 spiro atoms. The first-order valence-electron chi connectivity index (χ1n) is 9.79. The Bertz CT molecular complexity index is 1060. The van der Waals surface area contributed by atoms with E-state index in [0.29, 0.717) is 0 Å². The number of benzene rings is 3. The van der Waals surface area contributed by atoms with Crippen LogP contribution in [-0.2, 0) is 19.2 Å². The fourth-order valence-electron chi connectivity index (χ4n) is 3.05. The van der Waals surface area contributed by atoms with Crippen molar-refractivity contribution in [2.75, 3.05) is 20.3 Å². The largest absolute Gasteiger partial charge is 0.497 e. The molecule has 3 aromatic rings. The number of nitrogens with one attached hydrogen (secondary N) is 1. The first kappa shape index (κ1) is 21.8. The highest BCUT2D eigenvalue weighted by atomic mass is 16.7. The lowest BCUT2D eigenvalue weighted by Crippen LogP contribution is -2.31. The number of ether oxygens (including phenoxy) is 2. The third-order valence-corrected chi connectivity index (χ3v) is 4.61. The number of hydrogen-bond acceptors (Lipinski definition) is 6. The first-order valence-corrected chi connectivity index (χ1v) is 9.79. The summed E-state index contributed by atoms with van der Waals surface area (Å²) < 4.78 is 10.0. The average molecular weight is 420 g/mol. The Morgan fingerprint density at radius 1 is 1.00 bits per heavy atom. The molecule has 1 N–H and O–H groups in total. The van der Waals surface area contributed by atoms with Gasteiger partial charge in [0.2, 0.25) is 6.61 Å². The number of esters is 1. The second-order valence-electron chi connectivity index (χ2n) is 6.80. The molecule has 0 saturated heterocycles. The van der Waals surface area contributed by atoms with Crippen molar-refractivity contribution in [3.8, 4) is 5.75 Å². The van der Waals surface area contributed by atoms with Crippen LogP contribution >= 0.6 is 0 Å². The lowest BCUT2D eigenvalue weighted by molar-refractivity contribution is -0.153. The molecular formula is C24H24N2O5. The van der Waals surface area contributed by atoms with Crippen molar-refractivity contribution in [1.82, 2.24) is 5.32 Å². The minimum Gasteiger partial charge on any atom is -0.497 e. The normalized spacial score (nSPS) is 11.8. The van der Waals surface area contributed by atoms with Crippen LogP contribution in [0.5, 0.6) is 5.75 Å². The van der Waals surface area contributed by atoms with Crippen LogP contribution in [0, 0.1) is 0 Å². The highest BCUT2D eigenvalue weighted by Crippen LogP contribution is 2.23. The summed E-state index contributed by atoms with van der Waals surface area (Å²) in [6, 6.07) is 20.8. The fourth-order valence-corrected chi connectivity index (χ4v) is 3.05. The number of nitrogens with zero attached hydrogens (tertiary/aromatic N) is 1. The molecule has 0 aliphatic rings. The topological polar surface area (TPSA) is 86.2 Å². The van der Waals surface area contributed by atoms with Gasteiger partial charge in [-0.25, -0.2) is 4.79 Å². The van der Waals surface area contributed by atoms with E-state index in [-0.39, 0.29) is 12.6 Å². The van der Waals surface area contributed by atoms with Gasteiger partial charge >= 0.3 is 5.97 Å². The zero-order chi connectivity index (χ0) is 22.1. The van der Waals surface area contributed by atoms with E-state index in [9.17, 15) is 9.59 Å². The van der Waals surface area contributed by atoms with Crippen LogP contribution in [0.4, 0.5) is 0 Å². The molecule has 7 nitrogen and oxygen atoms in total. The molecule has 0 radical (unpaired) electrons. The lowest BCUT2D eigenvalue weighted by atomic mass is 10.00. The van der Waals surface area contributed by atoms with E-state index in [1.54, 1.807) is 31.4 Å². The van der Waals surface area contributed by atoms with Crippen molar-refractivity contribution in [1.29, 1.82) is 0 Å². The summed E-state index contributed by atoms with van der Waals surface area (Å²) >= 11 is 0. The fraction of sp³-hybridized carbons (Fsp3) is 0.208. The molecule has 7 heteroatoms. The van der Waals surface area contributed by atoms with Crippen molar-refractivity contribution in [2.24, 2.45) is 5.16 Å². The van der Waals surface area contributed by atoms with E-state index >= 15 is 0 Å². The number of carbonyl (C=O) groups excluding carboxylic acids is 2.